The maximum atomic E-state index is 12.6. The minimum atomic E-state index is -0.345. The molecular weight excluding hydrogens is 302 g/mol. The van der Waals surface area contributed by atoms with Gasteiger partial charge in [-0.1, -0.05) is 45.9 Å². The Morgan fingerprint density at radius 2 is 1.71 bits per heavy atom. The van der Waals surface area contributed by atoms with E-state index in [4.69, 9.17) is 0 Å². The van der Waals surface area contributed by atoms with Crippen molar-refractivity contribution < 1.29 is 14.7 Å². The van der Waals surface area contributed by atoms with Crippen LogP contribution < -0.4 is 5.32 Å². The van der Waals surface area contributed by atoms with Crippen molar-refractivity contribution in [3.63, 3.8) is 0 Å². The summed E-state index contributed by atoms with van der Waals surface area (Å²) in [5.41, 5.74) is 1.98. The number of carbonyl (C=O) groups is 2. The third-order valence-corrected chi connectivity index (χ3v) is 4.21. The summed E-state index contributed by atoms with van der Waals surface area (Å²) in [6, 6.07) is 7.23. The molecule has 0 saturated heterocycles. The van der Waals surface area contributed by atoms with Gasteiger partial charge in [-0.25, -0.2) is 5.11 Å². The molecule has 0 aliphatic heterocycles. The van der Waals surface area contributed by atoms with Crippen LogP contribution in [0.25, 0.3) is 0 Å². The summed E-state index contributed by atoms with van der Waals surface area (Å²) >= 11 is 0. The molecule has 0 heterocycles. The van der Waals surface area contributed by atoms with Crippen LogP contribution in [0.4, 0.5) is 5.69 Å². The van der Waals surface area contributed by atoms with Gasteiger partial charge in [0.1, 0.15) is 6.61 Å². The quantitative estimate of drug-likeness (QED) is 0.648. The SMILES string of the molecule is CC(C)CC(Nc1ccccc1C[O])=C1C(=O)CC(C)(C)CC1=O. The molecule has 1 aromatic rings. The summed E-state index contributed by atoms with van der Waals surface area (Å²) in [6.45, 7) is 7.64. The molecule has 0 aromatic heterocycles. The molecule has 0 amide bonds. The lowest BCUT2D eigenvalue weighted by Crippen LogP contribution is -2.33. The minimum absolute atomic E-state index is 0.0981. The van der Waals surface area contributed by atoms with Gasteiger partial charge in [-0.2, -0.15) is 0 Å². The Labute approximate surface area is 144 Å². The van der Waals surface area contributed by atoms with Crippen LogP contribution in [-0.4, -0.2) is 11.6 Å². The maximum Gasteiger partial charge on any atom is 0.168 e. The van der Waals surface area contributed by atoms with E-state index in [2.05, 4.69) is 5.32 Å². The van der Waals surface area contributed by atoms with E-state index in [0.29, 0.717) is 41.8 Å². The first-order chi connectivity index (χ1) is 11.2. The van der Waals surface area contributed by atoms with Gasteiger partial charge in [-0.05, 0) is 23.8 Å². The highest BCUT2D eigenvalue weighted by Gasteiger charge is 2.37. The van der Waals surface area contributed by atoms with E-state index >= 15 is 0 Å². The molecule has 0 atom stereocenters. The minimum Gasteiger partial charge on any atom is -0.358 e. The summed E-state index contributed by atoms with van der Waals surface area (Å²) < 4.78 is 0. The zero-order valence-electron chi connectivity index (χ0n) is 14.9. The number of rotatable bonds is 5. The fourth-order valence-electron chi connectivity index (χ4n) is 3.16. The molecule has 1 saturated carbocycles. The average molecular weight is 328 g/mol. The molecule has 1 aliphatic carbocycles. The molecule has 1 fully saturated rings. The lowest BCUT2D eigenvalue weighted by Gasteiger charge is -2.30. The predicted molar refractivity (Wildman–Crippen MR) is 94.0 cm³/mol. The van der Waals surface area contributed by atoms with E-state index in [0.717, 1.165) is 0 Å². The number of para-hydroxylation sites is 1. The van der Waals surface area contributed by atoms with Gasteiger partial charge in [0.05, 0.1) is 5.57 Å². The number of ketones is 2. The van der Waals surface area contributed by atoms with E-state index in [9.17, 15) is 14.7 Å². The van der Waals surface area contributed by atoms with Gasteiger partial charge in [-0.3, -0.25) is 9.59 Å². The topological polar surface area (TPSA) is 66.1 Å². The molecule has 0 spiro atoms. The second-order valence-corrected chi connectivity index (χ2v) is 7.74. The van der Waals surface area contributed by atoms with Crippen molar-refractivity contribution in [2.75, 3.05) is 5.32 Å². The largest absolute Gasteiger partial charge is 0.358 e. The van der Waals surface area contributed by atoms with Crippen molar-refractivity contribution in [3.05, 3.63) is 41.1 Å². The second-order valence-electron chi connectivity index (χ2n) is 7.74. The molecule has 2 rings (SSSR count). The molecule has 1 aliphatic rings. The third-order valence-electron chi connectivity index (χ3n) is 4.21. The van der Waals surface area contributed by atoms with Crippen molar-refractivity contribution in [1.29, 1.82) is 0 Å². The Kier molecular flexibility index (Phi) is 5.60. The van der Waals surface area contributed by atoms with Crippen LogP contribution in [0.5, 0.6) is 0 Å². The van der Waals surface area contributed by atoms with Gasteiger partial charge in [-0.15, -0.1) is 0 Å². The Morgan fingerprint density at radius 1 is 1.12 bits per heavy atom. The molecule has 4 heteroatoms. The molecule has 1 aromatic carbocycles. The van der Waals surface area contributed by atoms with Crippen molar-refractivity contribution in [2.45, 2.75) is 53.6 Å². The number of hydrogen-bond acceptors (Lipinski definition) is 3. The summed E-state index contributed by atoms with van der Waals surface area (Å²) in [4.78, 5) is 25.2. The van der Waals surface area contributed by atoms with E-state index in [1.54, 1.807) is 6.07 Å². The number of nitrogens with one attached hydrogen (secondary N) is 1. The standard InChI is InChI=1S/C20H26NO3/c1-13(2)9-16(21-15-8-6-5-7-14(15)12-22)19-17(23)10-20(3,4)11-18(19)24/h5-8,13,21H,9-12H2,1-4H3. The fourth-order valence-corrected chi connectivity index (χ4v) is 3.16. The third kappa shape index (κ3) is 4.32. The van der Waals surface area contributed by atoms with Crippen molar-refractivity contribution in [3.8, 4) is 0 Å². The van der Waals surface area contributed by atoms with Crippen molar-refractivity contribution >= 4 is 17.3 Å². The van der Waals surface area contributed by atoms with E-state index in [1.165, 1.54) is 0 Å². The van der Waals surface area contributed by atoms with Crippen LogP contribution in [0.3, 0.4) is 0 Å². The van der Waals surface area contributed by atoms with Crippen molar-refractivity contribution in [1.82, 2.24) is 0 Å². The van der Waals surface area contributed by atoms with Crippen LogP contribution in [0.1, 0.15) is 52.5 Å². The van der Waals surface area contributed by atoms with Gasteiger partial charge in [0.25, 0.3) is 0 Å². The Hall–Kier alpha value is -1.94. The second kappa shape index (κ2) is 7.31. The molecule has 1 radical (unpaired) electrons. The smallest absolute Gasteiger partial charge is 0.168 e. The van der Waals surface area contributed by atoms with Crippen molar-refractivity contribution in [2.24, 2.45) is 11.3 Å². The van der Waals surface area contributed by atoms with Crippen LogP contribution in [-0.2, 0) is 21.3 Å². The number of hydrogen-bond donors (Lipinski definition) is 1. The van der Waals surface area contributed by atoms with Crippen LogP contribution >= 0.6 is 0 Å². The van der Waals surface area contributed by atoms with Crippen LogP contribution in [0.2, 0.25) is 0 Å². The lowest BCUT2D eigenvalue weighted by molar-refractivity contribution is -0.127. The normalized spacial score (nSPS) is 17.3. The number of anilines is 1. The summed E-state index contributed by atoms with van der Waals surface area (Å²) in [5.74, 6) is 0.0907. The monoisotopic (exact) mass is 328 g/mol. The van der Waals surface area contributed by atoms with Gasteiger partial charge < -0.3 is 5.32 Å². The molecular formula is C20H26NO3. The molecule has 129 valence electrons. The van der Waals surface area contributed by atoms with Gasteiger partial charge in [0.2, 0.25) is 0 Å². The average Bonchev–Trinajstić information content (AvgIpc) is 2.44. The molecule has 0 unspecified atom stereocenters. The summed E-state index contributed by atoms with van der Waals surface area (Å²) in [6.07, 6.45) is 1.35. The zero-order chi connectivity index (χ0) is 17.9. The number of allylic oxidation sites excluding steroid dienone is 2. The Morgan fingerprint density at radius 3 is 2.25 bits per heavy atom. The highest BCUT2D eigenvalue weighted by molar-refractivity contribution is 6.23. The first-order valence-electron chi connectivity index (χ1n) is 8.46. The fraction of sp³-hybridized carbons (Fsp3) is 0.500. The number of Topliss-reactive ketones (excluding diaryl/α,β-unsaturated/α-hetero) is 2. The first-order valence-corrected chi connectivity index (χ1v) is 8.46. The zero-order valence-corrected chi connectivity index (χ0v) is 14.9. The maximum absolute atomic E-state index is 12.6. The highest BCUT2D eigenvalue weighted by atomic mass is 16.3. The molecule has 1 N–H and O–H groups in total. The first kappa shape index (κ1) is 18.4. The number of benzene rings is 1. The van der Waals surface area contributed by atoms with E-state index < -0.39 is 0 Å². The lowest BCUT2D eigenvalue weighted by atomic mass is 9.73. The van der Waals surface area contributed by atoms with Gasteiger partial charge >= 0.3 is 0 Å². The summed E-state index contributed by atoms with van der Waals surface area (Å²) in [7, 11) is 0. The molecule has 0 bridgehead atoms. The molecule has 4 nitrogen and oxygen atoms in total. The predicted octanol–water partition coefficient (Wildman–Crippen LogP) is 4.29. The number of carbonyl (C=O) groups excluding carboxylic acids is 2. The van der Waals surface area contributed by atoms with Gasteiger partial charge in [0, 0.05) is 29.8 Å². The van der Waals surface area contributed by atoms with E-state index in [1.807, 2.05) is 45.9 Å². The van der Waals surface area contributed by atoms with Gasteiger partial charge in [0.15, 0.2) is 11.6 Å². The van der Waals surface area contributed by atoms with E-state index in [-0.39, 0.29) is 29.5 Å². The Bertz CT molecular complexity index is 649. The van der Waals surface area contributed by atoms with Crippen LogP contribution in [0.15, 0.2) is 35.5 Å². The Balaban J connectivity index is 2.44. The summed E-state index contributed by atoms with van der Waals surface area (Å²) in [5, 5.41) is 14.6. The molecule has 24 heavy (non-hydrogen) atoms. The van der Waals surface area contributed by atoms with Crippen LogP contribution in [0, 0.1) is 11.3 Å². The highest BCUT2D eigenvalue weighted by Crippen LogP contribution is 2.36.